The van der Waals surface area contributed by atoms with Crippen LogP contribution in [0.15, 0.2) is 75.9 Å². The Morgan fingerprint density at radius 1 is 1.17 bits per heavy atom. The van der Waals surface area contributed by atoms with E-state index in [1.165, 1.54) is 12.1 Å². The van der Waals surface area contributed by atoms with Gasteiger partial charge in [0.05, 0.1) is 11.4 Å². The van der Waals surface area contributed by atoms with Crippen molar-refractivity contribution in [2.45, 2.75) is 30.7 Å². The van der Waals surface area contributed by atoms with Crippen molar-refractivity contribution in [3.63, 3.8) is 0 Å². The number of nitrogens with zero attached hydrogens (tertiary/aromatic N) is 2. The Balaban J connectivity index is 1.62. The standard InChI is InChI=1S/C23H20N2O4S/c1-15-11-19(15)21-9-8-17(29-21)12-20-23(26)18-6-2-3-7-22(18)30(27,28)25(20)14-16-5-4-10-24-13-16/h2-10,12-13,15,19H,11,14H2,1H3/b20-12+/t15-,19-/m1/s1. The molecule has 0 amide bonds. The van der Waals surface area contributed by atoms with Crippen molar-refractivity contribution in [2.24, 2.45) is 5.92 Å². The van der Waals surface area contributed by atoms with E-state index in [-0.39, 0.29) is 28.5 Å². The van der Waals surface area contributed by atoms with Crippen LogP contribution in [0.25, 0.3) is 6.08 Å². The summed E-state index contributed by atoms with van der Waals surface area (Å²) >= 11 is 0. The third-order valence-corrected chi connectivity index (χ3v) is 7.47. The molecule has 0 N–H and O–H groups in total. The number of furan rings is 1. The zero-order valence-corrected chi connectivity index (χ0v) is 17.2. The summed E-state index contributed by atoms with van der Waals surface area (Å²) in [6.45, 7) is 2.17. The van der Waals surface area contributed by atoms with Crippen LogP contribution in [0.4, 0.5) is 0 Å². The van der Waals surface area contributed by atoms with E-state index in [0.717, 1.165) is 16.5 Å². The molecule has 2 aromatic heterocycles. The van der Waals surface area contributed by atoms with E-state index in [0.29, 0.717) is 23.2 Å². The lowest BCUT2D eigenvalue weighted by Crippen LogP contribution is -2.38. The van der Waals surface area contributed by atoms with Crippen LogP contribution < -0.4 is 0 Å². The molecule has 0 saturated heterocycles. The minimum atomic E-state index is -3.91. The van der Waals surface area contributed by atoms with Crippen LogP contribution in [0, 0.1) is 5.92 Å². The number of carbonyl (C=O) groups is 1. The number of hydrogen-bond donors (Lipinski definition) is 0. The number of Topliss-reactive ketones (excluding diaryl/α,β-unsaturated/α-hetero) is 1. The maximum Gasteiger partial charge on any atom is 0.265 e. The molecule has 1 aromatic carbocycles. The lowest BCUT2D eigenvalue weighted by atomic mass is 10.1. The molecule has 0 radical (unpaired) electrons. The molecule has 1 aliphatic carbocycles. The number of aromatic nitrogens is 1. The van der Waals surface area contributed by atoms with Gasteiger partial charge >= 0.3 is 0 Å². The second-order valence-corrected chi connectivity index (χ2v) is 9.62. The zero-order valence-electron chi connectivity index (χ0n) is 16.4. The quantitative estimate of drug-likeness (QED) is 0.590. The van der Waals surface area contributed by atoms with Crippen LogP contribution in [0.5, 0.6) is 0 Å². The number of ketones is 1. The number of benzene rings is 1. The van der Waals surface area contributed by atoms with Crippen molar-refractivity contribution in [3.8, 4) is 0 Å². The Morgan fingerprint density at radius 2 is 1.97 bits per heavy atom. The summed E-state index contributed by atoms with van der Waals surface area (Å²) in [6.07, 6.45) is 5.83. The highest BCUT2D eigenvalue weighted by atomic mass is 32.2. The highest BCUT2D eigenvalue weighted by Gasteiger charge is 2.40. The first kappa shape index (κ1) is 18.8. The van der Waals surface area contributed by atoms with Gasteiger partial charge in [0, 0.05) is 30.0 Å². The number of sulfonamides is 1. The molecule has 30 heavy (non-hydrogen) atoms. The maximum atomic E-state index is 13.4. The summed E-state index contributed by atoms with van der Waals surface area (Å²) in [5.41, 5.74) is 0.933. The number of carbonyl (C=O) groups excluding carboxylic acids is 1. The van der Waals surface area contributed by atoms with Gasteiger partial charge in [-0.2, -0.15) is 0 Å². The molecule has 7 heteroatoms. The molecule has 0 spiro atoms. The zero-order chi connectivity index (χ0) is 20.9. The predicted octanol–water partition coefficient (Wildman–Crippen LogP) is 4.23. The van der Waals surface area contributed by atoms with Crippen molar-refractivity contribution in [1.82, 2.24) is 9.29 Å². The van der Waals surface area contributed by atoms with Gasteiger partial charge < -0.3 is 4.42 Å². The molecule has 0 bridgehead atoms. The second-order valence-electron chi connectivity index (χ2n) is 7.79. The van der Waals surface area contributed by atoms with E-state index in [9.17, 15) is 13.2 Å². The molecular weight excluding hydrogens is 400 g/mol. The van der Waals surface area contributed by atoms with Crippen LogP contribution in [-0.2, 0) is 16.6 Å². The van der Waals surface area contributed by atoms with Gasteiger partial charge in [-0.1, -0.05) is 25.1 Å². The Bertz CT molecular complexity index is 1260. The van der Waals surface area contributed by atoms with Gasteiger partial charge in [-0.25, -0.2) is 8.42 Å². The molecule has 2 atom stereocenters. The number of allylic oxidation sites excluding steroid dienone is 1. The Kier molecular flexibility index (Phi) is 4.36. The van der Waals surface area contributed by atoms with Crippen molar-refractivity contribution in [2.75, 3.05) is 0 Å². The summed E-state index contributed by atoms with van der Waals surface area (Å²) in [7, 11) is -3.91. The molecule has 3 heterocycles. The lowest BCUT2D eigenvalue weighted by Gasteiger charge is -2.31. The highest BCUT2D eigenvalue weighted by molar-refractivity contribution is 7.89. The summed E-state index contributed by atoms with van der Waals surface area (Å²) in [5, 5.41) is 0. The van der Waals surface area contributed by atoms with E-state index in [1.807, 2.05) is 6.07 Å². The fourth-order valence-electron chi connectivity index (χ4n) is 3.84. The van der Waals surface area contributed by atoms with Gasteiger partial charge in [0.25, 0.3) is 10.0 Å². The normalized spacial score (nSPS) is 23.4. The molecule has 3 aromatic rings. The van der Waals surface area contributed by atoms with Crippen molar-refractivity contribution < 1.29 is 17.6 Å². The first-order valence-corrected chi connectivity index (χ1v) is 11.3. The maximum absolute atomic E-state index is 13.4. The first-order valence-electron chi connectivity index (χ1n) is 9.82. The van der Waals surface area contributed by atoms with Crippen LogP contribution >= 0.6 is 0 Å². The van der Waals surface area contributed by atoms with E-state index in [1.54, 1.807) is 48.8 Å². The number of fused-ring (bicyclic) bond motifs is 1. The summed E-state index contributed by atoms with van der Waals surface area (Å²) < 4.78 is 33.9. The van der Waals surface area contributed by atoms with Crippen LogP contribution in [0.3, 0.4) is 0 Å². The molecule has 1 saturated carbocycles. The van der Waals surface area contributed by atoms with Crippen molar-refractivity contribution in [3.05, 3.63) is 89.3 Å². The Hall–Kier alpha value is -3.19. The fourth-order valence-corrected chi connectivity index (χ4v) is 5.48. The first-order chi connectivity index (χ1) is 14.4. The largest absolute Gasteiger partial charge is 0.461 e. The topological polar surface area (TPSA) is 80.5 Å². The molecule has 1 aliphatic heterocycles. The van der Waals surface area contributed by atoms with E-state index >= 15 is 0 Å². The van der Waals surface area contributed by atoms with E-state index < -0.39 is 10.0 Å². The monoisotopic (exact) mass is 420 g/mol. The van der Waals surface area contributed by atoms with Crippen molar-refractivity contribution in [1.29, 1.82) is 0 Å². The number of hydrogen-bond acceptors (Lipinski definition) is 5. The molecular formula is C23H20N2O4S. The van der Waals surface area contributed by atoms with Crippen molar-refractivity contribution >= 4 is 21.9 Å². The minimum absolute atomic E-state index is 0.00923. The molecule has 152 valence electrons. The van der Waals surface area contributed by atoms with Gasteiger partial charge in [0.2, 0.25) is 5.78 Å². The lowest BCUT2D eigenvalue weighted by molar-refractivity contribution is 0.100. The van der Waals surface area contributed by atoms with Gasteiger partial charge in [0.1, 0.15) is 17.2 Å². The number of pyridine rings is 1. The Labute approximate surface area is 174 Å². The van der Waals surface area contributed by atoms with Crippen LogP contribution in [-0.4, -0.2) is 23.5 Å². The average molecular weight is 420 g/mol. The summed E-state index contributed by atoms with van der Waals surface area (Å²) in [4.78, 5) is 17.4. The van der Waals surface area contributed by atoms with Gasteiger partial charge in [0.15, 0.2) is 0 Å². The molecule has 2 aliphatic rings. The Morgan fingerprint density at radius 3 is 2.70 bits per heavy atom. The van der Waals surface area contributed by atoms with Crippen LogP contribution in [0.2, 0.25) is 0 Å². The highest BCUT2D eigenvalue weighted by Crippen LogP contribution is 2.47. The van der Waals surface area contributed by atoms with Gasteiger partial charge in [-0.05, 0) is 48.2 Å². The van der Waals surface area contributed by atoms with E-state index in [2.05, 4.69) is 11.9 Å². The summed E-state index contributed by atoms with van der Waals surface area (Å²) in [5.74, 6) is 1.98. The molecule has 5 rings (SSSR count). The molecule has 6 nitrogen and oxygen atoms in total. The van der Waals surface area contributed by atoms with E-state index in [4.69, 9.17) is 4.42 Å². The average Bonchev–Trinajstić information content (AvgIpc) is 3.30. The summed E-state index contributed by atoms with van der Waals surface area (Å²) in [6, 6.07) is 13.5. The minimum Gasteiger partial charge on any atom is -0.461 e. The molecule has 1 fully saturated rings. The third-order valence-electron chi connectivity index (χ3n) is 5.65. The second kappa shape index (κ2) is 6.95. The fraction of sp³-hybridized carbons (Fsp3) is 0.217. The van der Waals surface area contributed by atoms with Crippen LogP contribution in [0.1, 0.15) is 46.7 Å². The van der Waals surface area contributed by atoms with Gasteiger partial charge in [-0.15, -0.1) is 0 Å². The molecule has 0 unspecified atom stereocenters. The SMILES string of the molecule is C[C@@H]1C[C@H]1c1ccc(/C=C2\C(=O)c3ccccc3S(=O)(=O)N2Cc2cccnc2)o1. The van der Waals surface area contributed by atoms with Gasteiger partial charge in [-0.3, -0.25) is 14.1 Å². The smallest absolute Gasteiger partial charge is 0.265 e. The third kappa shape index (κ3) is 3.15. The number of rotatable bonds is 4. The predicted molar refractivity (Wildman–Crippen MR) is 111 cm³/mol.